The average molecular weight is 221 g/mol. The van der Waals surface area contributed by atoms with Gasteiger partial charge in [0.2, 0.25) is 0 Å². The third-order valence-corrected chi connectivity index (χ3v) is 1.94. The molecule has 1 rings (SSSR count). The van der Waals surface area contributed by atoms with Gasteiger partial charge in [-0.05, 0) is 37.7 Å². The van der Waals surface area contributed by atoms with Crippen LogP contribution in [-0.2, 0) is 0 Å². The molecule has 3 nitrogen and oxygen atoms in total. The maximum atomic E-state index is 5.05. The molecule has 0 aromatic heterocycles. The Balaban J connectivity index is 2.44. The largest absolute Gasteiger partial charge is 0.331 e. The van der Waals surface area contributed by atoms with E-state index in [1.54, 1.807) is 6.21 Å². The molecule has 0 unspecified atom stereocenters. The number of hydrazone groups is 1. The molecule has 4 heteroatoms. The number of nitrogens with one attached hydrogen (secondary N) is 2. The number of benzene rings is 1. The topological polar surface area (TPSA) is 36.4 Å². The van der Waals surface area contributed by atoms with Crippen molar-refractivity contribution in [2.24, 2.45) is 5.10 Å². The summed E-state index contributed by atoms with van der Waals surface area (Å²) in [5.74, 6) is 0. The first kappa shape index (κ1) is 11.7. The molecular formula is C11H15N3S. The van der Waals surface area contributed by atoms with Crippen LogP contribution in [0.5, 0.6) is 0 Å². The number of aryl methyl sites for hydroxylation is 1. The molecule has 0 spiro atoms. The van der Waals surface area contributed by atoms with E-state index in [1.165, 1.54) is 5.56 Å². The summed E-state index contributed by atoms with van der Waals surface area (Å²) in [6.45, 7) is 4.06. The van der Waals surface area contributed by atoms with Crippen LogP contribution in [0.3, 0.4) is 0 Å². The second kappa shape index (κ2) is 6.14. The number of hydrogen-bond acceptors (Lipinski definition) is 2. The summed E-state index contributed by atoms with van der Waals surface area (Å²) in [6, 6.07) is 8.01. The van der Waals surface area contributed by atoms with Crippen LogP contribution in [0, 0.1) is 6.92 Å². The first-order valence-corrected chi connectivity index (χ1v) is 5.28. The van der Waals surface area contributed by atoms with Gasteiger partial charge < -0.3 is 5.32 Å². The van der Waals surface area contributed by atoms with Crippen molar-refractivity contribution in [3.8, 4) is 0 Å². The van der Waals surface area contributed by atoms with Crippen molar-refractivity contribution in [3.63, 3.8) is 0 Å². The molecule has 0 aliphatic rings. The fourth-order valence-electron chi connectivity index (χ4n) is 0.991. The van der Waals surface area contributed by atoms with Crippen LogP contribution in [-0.4, -0.2) is 11.3 Å². The zero-order valence-corrected chi connectivity index (χ0v) is 9.77. The molecule has 0 atom stereocenters. The molecule has 0 heterocycles. The van der Waals surface area contributed by atoms with Crippen molar-refractivity contribution in [1.82, 2.24) is 5.43 Å². The zero-order chi connectivity index (χ0) is 11.1. The van der Waals surface area contributed by atoms with E-state index in [-0.39, 0.29) is 0 Å². The zero-order valence-electron chi connectivity index (χ0n) is 8.95. The Morgan fingerprint density at radius 2 is 2.07 bits per heavy atom. The minimum absolute atomic E-state index is 0.503. The average Bonchev–Trinajstić information content (AvgIpc) is 2.22. The van der Waals surface area contributed by atoms with Gasteiger partial charge in [0, 0.05) is 11.9 Å². The fraction of sp³-hybridized carbons (Fsp3) is 0.273. The Bertz CT molecular complexity index is 343. The molecular weight excluding hydrogens is 206 g/mol. The van der Waals surface area contributed by atoms with Crippen molar-refractivity contribution in [2.75, 3.05) is 5.32 Å². The number of hydrogen-bond donors (Lipinski definition) is 2. The van der Waals surface area contributed by atoms with Crippen LogP contribution in [0.1, 0.15) is 18.9 Å². The van der Waals surface area contributed by atoms with Crippen LogP contribution in [0.15, 0.2) is 29.4 Å². The minimum atomic E-state index is 0.503. The molecule has 80 valence electrons. The second-order valence-electron chi connectivity index (χ2n) is 3.15. The molecule has 0 fully saturated rings. The van der Waals surface area contributed by atoms with E-state index in [0.29, 0.717) is 5.11 Å². The first-order chi connectivity index (χ1) is 7.22. The van der Waals surface area contributed by atoms with Gasteiger partial charge in [-0.2, -0.15) is 5.10 Å². The van der Waals surface area contributed by atoms with E-state index in [4.69, 9.17) is 12.2 Å². The maximum absolute atomic E-state index is 5.05. The van der Waals surface area contributed by atoms with Crippen molar-refractivity contribution in [1.29, 1.82) is 0 Å². The van der Waals surface area contributed by atoms with Crippen LogP contribution in [0.2, 0.25) is 0 Å². The van der Waals surface area contributed by atoms with Gasteiger partial charge in [-0.15, -0.1) is 0 Å². The number of nitrogens with zero attached hydrogens (tertiary/aromatic N) is 1. The van der Waals surface area contributed by atoms with E-state index < -0.39 is 0 Å². The molecule has 0 bridgehead atoms. The van der Waals surface area contributed by atoms with Crippen molar-refractivity contribution in [2.45, 2.75) is 20.3 Å². The number of thiocarbonyl (C=S) groups is 1. The molecule has 1 aromatic rings. The second-order valence-corrected chi connectivity index (χ2v) is 3.56. The van der Waals surface area contributed by atoms with Crippen molar-refractivity contribution in [3.05, 3.63) is 29.8 Å². The molecule has 0 amide bonds. The standard InChI is InChI=1S/C11H15N3S/c1-3-8-12-14-11(15)13-10-6-4-9(2)5-7-10/h4-8H,3H2,1-2H3,(H2,13,14,15)/b12-8-. The summed E-state index contributed by atoms with van der Waals surface area (Å²) >= 11 is 5.05. The molecule has 0 aliphatic heterocycles. The molecule has 0 aliphatic carbocycles. The summed E-state index contributed by atoms with van der Waals surface area (Å²) in [5, 5.41) is 7.46. The highest BCUT2D eigenvalue weighted by molar-refractivity contribution is 7.80. The van der Waals surface area contributed by atoms with Crippen molar-refractivity contribution < 1.29 is 0 Å². The SMILES string of the molecule is CC/C=N\NC(=S)Nc1ccc(C)cc1. The van der Waals surface area contributed by atoms with Gasteiger partial charge in [-0.25, -0.2) is 0 Å². The normalized spacial score (nSPS) is 10.3. The molecule has 15 heavy (non-hydrogen) atoms. The van der Waals surface area contributed by atoms with Crippen LogP contribution >= 0.6 is 12.2 Å². The van der Waals surface area contributed by atoms with Crippen molar-refractivity contribution >= 4 is 29.2 Å². The predicted octanol–water partition coefficient (Wildman–Crippen LogP) is 2.68. The van der Waals surface area contributed by atoms with Gasteiger partial charge in [0.1, 0.15) is 0 Å². The monoisotopic (exact) mass is 221 g/mol. The van der Waals surface area contributed by atoms with E-state index >= 15 is 0 Å². The van der Waals surface area contributed by atoms with E-state index in [2.05, 4.69) is 15.8 Å². The highest BCUT2D eigenvalue weighted by atomic mass is 32.1. The molecule has 1 aromatic carbocycles. The van der Waals surface area contributed by atoms with Crippen LogP contribution in [0.4, 0.5) is 5.69 Å². The Kier molecular flexibility index (Phi) is 4.77. The van der Waals surface area contributed by atoms with Gasteiger partial charge >= 0.3 is 0 Å². The number of anilines is 1. The third kappa shape index (κ3) is 4.56. The first-order valence-electron chi connectivity index (χ1n) is 4.87. The Hall–Kier alpha value is -1.42. The lowest BCUT2D eigenvalue weighted by atomic mass is 10.2. The molecule has 0 saturated heterocycles. The quantitative estimate of drug-likeness (QED) is 0.468. The van der Waals surface area contributed by atoms with Gasteiger partial charge in [-0.3, -0.25) is 5.43 Å². The van der Waals surface area contributed by atoms with E-state index in [0.717, 1.165) is 12.1 Å². The Morgan fingerprint density at radius 3 is 2.67 bits per heavy atom. The summed E-state index contributed by atoms with van der Waals surface area (Å²) in [7, 11) is 0. The predicted molar refractivity (Wildman–Crippen MR) is 69.3 cm³/mol. The van der Waals surface area contributed by atoms with E-state index in [1.807, 2.05) is 38.1 Å². The lowest BCUT2D eigenvalue weighted by Crippen LogP contribution is -2.23. The molecule has 0 saturated carbocycles. The summed E-state index contributed by atoms with van der Waals surface area (Å²) in [5.41, 5.74) is 4.92. The summed E-state index contributed by atoms with van der Waals surface area (Å²) < 4.78 is 0. The lowest BCUT2D eigenvalue weighted by molar-refractivity contribution is 1.04. The third-order valence-electron chi connectivity index (χ3n) is 1.75. The van der Waals surface area contributed by atoms with Crippen LogP contribution in [0.25, 0.3) is 0 Å². The van der Waals surface area contributed by atoms with Gasteiger partial charge in [0.15, 0.2) is 5.11 Å². The van der Waals surface area contributed by atoms with E-state index in [9.17, 15) is 0 Å². The number of rotatable bonds is 3. The lowest BCUT2D eigenvalue weighted by Gasteiger charge is -2.06. The maximum Gasteiger partial charge on any atom is 0.191 e. The highest BCUT2D eigenvalue weighted by Crippen LogP contribution is 2.07. The van der Waals surface area contributed by atoms with Gasteiger partial charge in [0.25, 0.3) is 0 Å². The Labute approximate surface area is 95.6 Å². The minimum Gasteiger partial charge on any atom is -0.331 e. The Morgan fingerprint density at radius 1 is 1.40 bits per heavy atom. The molecule has 2 N–H and O–H groups in total. The summed E-state index contributed by atoms with van der Waals surface area (Å²) in [6.07, 6.45) is 2.66. The summed E-state index contributed by atoms with van der Waals surface area (Å²) in [4.78, 5) is 0. The van der Waals surface area contributed by atoms with Gasteiger partial charge in [0.05, 0.1) is 0 Å². The molecule has 0 radical (unpaired) electrons. The van der Waals surface area contributed by atoms with Gasteiger partial charge in [-0.1, -0.05) is 24.6 Å². The fourth-order valence-corrected chi connectivity index (χ4v) is 1.16. The highest BCUT2D eigenvalue weighted by Gasteiger charge is 1.94. The smallest absolute Gasteiger partial charge is 0.191 e. The van der Waals surface area contributed by atoms with Crippen LogP contribution < -0.4 is 10.7 Å².